The summed E-state index contributed by atoms with van der Waals surface area (Å²) in [6, 6.07) is 0. The van der Waals surface area contributed by atoms with Gasteiger partial charge in [0.1, 0.15) is 0 Å². The van der Waals surface area contributed by atoms with Crippen molar-refractivity contribution in [3.8, 4) is 0 Å². The van der Waals surface area contributed by atoms with Crippen LogP contribution in [0, 0.1) is 7.11 Å². The first-order valence-corrected chi connectivity index (χ1v) is 0.659. The van der Waals surface area contributed by atoms with Gasteiger partial charge in [-0.3, -0.25) is 0 Å². The van der Waals surface area contributed by atoms with Crippen LogP contribution < -0.4 is 0 Å². The highest BCUT2D eigenvalue weighted by Crippen LogP contribution is 1.55. The van der Waals surface area contributed by atoms with Crippen LogP contribution in [0.2, 0.25) is 0 Å². The minimum absolute atomic E-state index is 2.69. The van der Waals surface area contributed by atoms with Gasteiger partial charge in [0.05, 0.1) is 0 Å². The van der Waals surface area contributed by atoms with Crippen LogP contribution in [0.5, 0.6) is 0 Å². The predicted octanol–water partition coefficient (Wildman–Crippen LogP) is -0.634. The molecule has 4 heavy (non-hydrogen) atoms. The molecule has 0 saturated carbocycles. The van der Waals surface area contributed by atoms with E-state index in [1.54, 1.807) is 0 Å². The Kier molecular flexibility index (Phi) is 2.79. The number of rotatable bonds is 1. The Balaban J connectivity index is 1.97. The van der Waals surface area contributed by atoms with Crippen molar-refractivity contribution in [1.29, 1.82) is 0 Å². The maximum Gasteiger partial charge on any atom is 0.0344 e. The van der Waals surface area contributed by atoms with Crippen molar-refractivity contribution in [2.45, 2.75) is 0 Å². The summed E-state index contributed by atoms with van der Waals surface area (Å²) in [5.74, 6) is 0. The van der Waals surface area contributed by atoms with E-state index in [9.17, 15) is 0 Å². The molecule has 0 bridgehead atoms. The zero-order valence-electron chi connectivity index (χ0n) is 2.02. The van der Waals surface area contributed by atoms with E-state index in [1.807, 2.05) is 0 Å². The third kappa shape index (κ3) is 1.88. The standard InChI is InChI=1S/CH3O3/c1-3-4-2/h2H,1H2/q-1/p+1. The molecular formula is CH4O3. The summed E-state index contributed by atoms with van der Waals surface area (Å²) in [5, 5.41) is 8.85. The topological polar surface area (TPSA) is 41.4 Å². The highest BCUT2D eigenvalue weighted by atomic mass is 17.5. The van der Waals surface area contributed by atoms with E-state index in [0.717, 1.165) is 0 Å². The van der Waals surface area contributed by atoms with E-state index in [-0.39, 0.29) is 0 Å². The molecule has 0 atom stereocenters. The highest BCUT2D eigenvalue weighted by molar-refractivity contribution is 3.70. The molecular weight excluding hydrogens is 60.0 g/mol. The molecule has 0 aromatic heterocycles. The minimum Gasteiger partial charge on any atom is -0.346 e. The van der Waals surface area contributed by atoms with E-state index in [1.165, 1.54) is 0 Å². The summed E-state index contributed by atoms with van der Waals surface area (Å²) in [4.78, 5) is 3.46. The van der Waals surface area contributed by atoms with Crippen molar-refractivity contribution in [1.82, 2.24) is 0 Å². The Bertz CT molecular complexity index is 5.25. The molecule has 0 spiro atoms. The van der Waals surface area contributed by atoms with E-state index < -0.39 is 0 Å². The third-order valence-electron chi connectivity index (χ3n) is 0.0589. The second kappa shape index (κ2) is 2.88. The van der Waals surface area contributed by atoms with E-state index in [2.05, 4.69) is 17.0 Å². The highest BCUT2D eigenvalue weighted by Gasteiger charge is 1.46. The second-order valence-corrected chi connectivity index (χ2v) is 0.201. The SMILES string of the molecule is [CH2-]OO[OH2+]. The van der Waals surface area contributed by atoms with Gasteiger partial charge in [-0.25, -0.2) is 5.26 Å². The Hall–Kier alpha value is -0.120. The van der Waals surface area contributed by atoms with E-state index in [4.69, 9.17) is 5.26 Å². The second-order valence-electron chi connectivity index (χ2n) is 0.201. The molecule has 0 fully saturated rings. The van der Waals surface area contributed by atoms with Gasteiger partial charge in [-0.1, -0.05) is 0 Å². The first-order valence-electron chi connectivity index (χ1n) is 0.659. The van der Waals surface area contributed by atoms with Crippen LogP contribution in [0.3, 0.4) is 0 Å². The van der Waals surface area contributed by atoms with Gasteiger partial charge in [0.2, 0.25) is 0 Å². The maximum absolute atomic E-state index is 5.67. The van der Waals surface area contributed by atoms with Crippen molar-refractivity contribution in [3.63, 3.8) is 0 Å². The Morgan fingerprint density at radius 1 is 1.75 bits per heavy atom. The van der Waals surface area contributed by atoms with Gasteiger partial charge in [0.25, 0.3) is 0 Å². The maximum atomic E-state index is 5.67. The van der Waals surface area contributed by atoms with E-state index in [0.29, 0.717) is 0 Å². The largest absolute Gasteiger partial charge is 0.346 e. The van der Waals surface area contributed by atoms with E-state index >= 15 is 0 Å². The zero-order chi connectivity index (χ0) is 3.41. The zero-order valence-corrected chi connectivity index (χ0v) is 2.02. The lowest BCUT2D eigenvalue weighted by Gasteiger charge is -1.80. The fourth-order valence-corrected chi connectivity index (χ4v) is 0. The Morgan fingerprint density at radius 2 is 2.00 bits per heavy atom. The van der Waals surface area contributed by atoms with Crippen LogP contribution in [0.1, 0.15) is 0 Å². The van der Waals surface area contributed by atoms with Crippen LogP contribution in [0.25, 0.3) is 0 Å². The summed E-state index contributed by atoms with van der Waals surface area (Å²) in [6.07, 6.45) is 0. The Labute approximate surface area is 23.6 Å². The van der Waals surface area contributed by atoms with Crippen LogP contribution >= 0.6 is 0 Å². The molecule has 26 valence electrons. The molecule has 0 radical (unpaired) electrons. The van der Waals surface area contributed by atoms with Crippen LogP contribution in [-0.4, -0.2) is 5.26 Å². The van der Waals surface area contributed by atoms with Crippen LogP contribution in [0.15, 0.2) is 0 Å². The van der Waals surface area contributed by atoms with Gasteiger partial charge in [0, 0.05) is 5.04 Å². The normalized spacial score (nSPS) is 7.50. The number of hydrogen-bond acceptors (Lipinski definition) is 2. The van der Waals surface area contributed by atoms with Gasteiger partial charge in [-0.15, -0.1) is 0 Å². The van der Waals surface area contributed by atoms with Crippen molar-refractivity contribution in [2.24, 2.45) is 0 Å². The molecule has 0 rings (SSSR count). The molecule has 3 heteroatoms. The molecule has 0 heterocycles. The molecule has 0 aromatic carbocycles. The minimum atomic E-state index is 2.69. The molecule has 0 unspecified atom stereocenters. The molecule has 0 saturated heterocycles. The van der Waals surface area contributed by atoms with Crippen molar-refractivity contribution >= 4 is 0 Å². The summed E-state index contributed by atoms with van der Waals surface area (Å²) >= 11 is 0. The average Bonchev–Trinajstić information content (AvgIpc) is 1.37. The van der Waals surface area contributed by atoms with Gasteiger partial charge < -0.3 is 4.89 Å². The monoisotopic (exact) mass is 64.0 g/mol. The first kappa shape index (κ1) is 3.88. The quantitative estimate of drug-likeness (QED) is 0.176. The Morgan fingerprint density at radius 3 is 2.00 bits per heavy atom. The molecule has 0 aliphatic carbocycles. The predicted molar refractivity (Wildman–Crippen MR) is 11.1 cm³/mol. The lowest BCUT2D eigenvalue weighted by Crippen LogP contribution is -1.70. The molecule has 0 aromatic rings. The van der Waals surface area contributed by atoms with Gasteiger partial charge >= 0.3 is 0 Å². The third-order valence-corrected chi connectivity index (χ3v) is 0.0589. The van der Waals surface area contributed by atoms with Gasteiger partial charge in [0.15, 0.2) is 0 Å². The lowest BCUT2D eigenvalue weighted by atomic mass is 11.8. The van der Waals surface area contributed by atoms with Crippen molar-refractivity contribution in [3.05, 3.63) is 7.11 Å². The first-order chi connectivity index (χ1) is 1.91. The van der Waals surface area contributed by atoms with Crippen molar-refractivity contribution in [2.75, 3.05) is 0 Å². The molecule has 0 amide bonds. The number of hydrogen-bond donors (Lipinski definition) is 0. The van der Waals surface area contributed by atoms with Crippen molar-refractivity contribution < 1.29 is 15.2 Å². The van der Waals surface area contributed by atoms with Gasteiger partial charge in [-0.05, 0) is 0 Å². The molecule has 0 aliphatic rings. The fourth-order valence-electron chi connectivity index (χ4n) is 0. The molecule has 3 nitrogen and oxygen atoms in total. The lowest BCUT2D eigenvalue weighted by molar-refractivity contribution is -0.468. The van der Waals surface area contributed by atoms with Gasteiger partial charge in [-0.2, -0.15) is 7.11 Å². The summed E-state index contributed by atoms with van der Waals surface area (Å²) in [7, 11) is 2.69. The smallest absolute Gasteiger partial charge is 0.0344 e. The molecule has 2 N–H and O–H groups in total. The molecule has 0 aliphatic heterocycles. The average molecular weight is 64.0 g/mol. The fraction of sp³-hybridized carbons (Fsp3) is 0. The summed E-state index contributed by atoms with van der Waals surface area (Å²) in [6.45, 7) is 0. The summed E-state index contributed by atoms with van der Waals surface area (Å²) in [5.41, 5.74) is 0. The van der Waals surface area contributed by atoms with Crippen LogP contribution in [-0.2, 0) is 9.93 Å². The summed E-state index contributed by atoms with van der Waals surface area (Å²) < 4.78 is 0. The van der Waals surface area contributed by atoms with Crippen LogP contribution in [0.4, 0.5) is 0 Å².